The quantitative estimate of drug-likeness (QED) is 0.541. The molecule has 3 aromatic rings. The van der Waals surface area contributed by atoms with Crippen molar-refractivity contribution in [3.8, 4) is 17.1 Å². The third-order valence-electron chi connectivity index (χ3n) is 6.00. The maximum Gasteiger partial charge on any atom is 0.213 e. The summed E-state index contributed by atoms with van der Waals surface area (Å²) < 4.78 is 16.5. The molecule has 0 atom stereocenters. The molecule has 0 amide bonds. The first-order valence-corrected chi connectivity index (χ1v) is 10.4. The highest BCUT2D eigenvalue weighted by Crippen LogP contribution is 2.54. The Labute approximate surface area is 171 Å². The van der Waals surface area contributed by atoms with E-state index in [1.165, 1.54) is 31.7 Å². The van der Waals surface area contributed by atoms with E-state index in [4.69, 9.17) is 0 Å². The zero-order chi connectivity index (χ0) is 19.3. The molecule has 1 aliphatic heterocycles. The van der Waals surface area contributed by atoms with Crippen molar-refractivity contribution in [2.45, 2.75) is 32.6 Å². The maximum absolute atomic E-state index is 13.7. The third kappa shape index (κ3) is 3.32. The van der Waals surface area contributed by atoms with Gasteiger partial charge in [-0.05, 0) is 73.9 Å². The summed E-state index contributed by atoms with van der Waals surface area (Å²) in [4.78, 5) is 6.40. The smallest absolute Gasteiger partial charge is 0.213 e. The van der Waals surface area contributed by atoms with Gasteiger partial charge in [-0.1, -0.05) is 21.1 Å². The second-order valence-electron chi connectivity index (χ2n) is 8.02. The van der Waals surface area contributed by atoms with Crippen LogP contribution in [0.4, 0.5) is 10.1 Å². The van der Waals surface area contributed by atoms with Crippen LogP contribution in [0.25, 0.3) is 17.1 Å². The van der Waals surface area contributed by atoms with Gasteiger partial charge in [-0.25, -0.2) is 9.67 Å². The van der Waals surface area contributed by atoms with Crippen LogP contribution in [-0.4, -0.2) is 33.1 Å². The molecule has 7 heteroatoms. The largest absolute Gasteiger partial charge is 0.370 e. The number of rotatable bonds is 3. The van der Waals surface area contributed by atoms with Crippen LogP contribution in [0.2, 0.25) is 0 Å². The van der Waals surface area contributed by atoms with Crippen LogP contribution in [0.15, 0.2) is 41.0 Å². The zero-order valence-electron chi connectivity index (χ0n) is 15.7. The minimum Gasteiger partial charge on any atom is -0.370 e. The number of halogens is 2. The van der Waals surface area contributed by atoms with Crippen molar-refractivity contribution in [2.24, 2.45) is 5.41 Å². The van der Waals surface area contributed by atoms with Crippen molar-refractivity contribution in [2.75, 3.05) is 18.0 Å². The summed E-state index contributed by atoms with van der Waals surface area (Å²) in [5.74, 6) is -0.504. The first-order chi connectivity index (χ1) is 13.5. The Bertz CT molecular complexity index is 1010. The van der Waals surface area contributed by atoms with Crippen LogP contribution in [0.3, 0.4) is 0 Å². The van der Waals surface area contributed by atoms with Gasteiger partial charge in [0.15, 0.2) is 0 Å². The van der Waals surface area contributed by atoms with Gasteiger partial charge in [-0.3, -0.25) is 0 Å². The van der Waals surface area contributed by atoms with Crippen molar-refractivity contribution in [1.82, 2.24) is 20.0 Å². The molecule has 5 nitrogen and oxygen atoms in total. The van der Waals surface area contributed by atoms with Gasteiger partial charge in [0.25, 0.3) is 0 Å². The minimum atomic E-state index is -0.504. The lowest BCUT2D eigenvalue weighted by atomic mass is 9.93. The fraction of sp³-hybridized carbons (Fsp3) is 0.381. The van der Waals surface area contributed by atoms with E-state index < -0.39 is 5.95 Å². The molecule has 28 heavy (non-hydrogen) atoms. The van der Waals surface area contributed by atoms with Crippen molar-refractivity contribution in [3.05, 3.63) is 52.5 Å². The van der Waals surface area contributed by atoms with Crippen LogP contribution in [-0.2, 0) is 0 Å². The monoisotopic (exact) mass is 441 g/mol. The molecule has 0 unspecified atom stereocenters. The van der Waals surface area contributed by atoms with E-state index in [0.29, 0.717) is 16.8 Å². The van der Waals surface area contributed by atoms with Gasteiger partial charge in [-0.2, -0.15) is 4.39 Å². The lowest BCUT2D eigenvalue weighted by Gasteiger charge is -2.35. The number of aryl methyl sites for hydroxylation is 1. The Hall–Kier alpha value is -2.28. The molecule has 3 heterocycles. The number of piperidine rings is 1. The Balaban J connectivity index is 1.49. The fourth-order valence-electron chi connectivity index (χ4n) is 4.10. The predicted octanol–water partition coefficient (Wildman–Crippen LogP) is 4.92. The average Bonchev–Trinajstić information content (AvgIpc) is 3.24. The molecule has 0 N–H and O–H groups in total. The van der Waals surface area contributed by atoms with E-state index in [9.17, 15) is 4.39 Å². The SMILES string of the molecule is Cc1cc(F)nc(-c2cn(-c3ccc(Br)cc3N3CCC4(CC3)CC4)nn2)c1. The maximum atomic E-state index is 13.7. The van der Waals surface area contributed by atoms with Gasteiger partial charge in [0.2, 0.25) is 5.95 Å². The molecule has 1 spiro atoms. The van der Waals surface area contributed by atoms with Crippen LogP contribution in [0, 0.1) is 18.3 Å². The molecule has 2 aliphatic rings. The molecule has 0 radical (unpaired) electrons. The van der Waals surface area contributed by atoms with E-state index in [-0.39, 0.29) is 0 Å². The van der Waals surface area contributed by atoms with Gasteiger partial charge in [0, 0.05) is 17.6 Å². The molecule has 0 bridgehead atoms. The third-order valence-corrected chi connectivity index (χ3v) is 6.49. The van der Waals surface area contributed by atoms with E-state index in [1.54, 1.807) is 4.68 Å². The normalized spacial score (nSPS) is 17.9. The Morgan fingerprint density at radius 3 is 2.50 bits per heavy atom. The number of aromatic nitrogens is 4. The summed E-state index contributed by atoms with van der Waals surface area (Å²) in [5.41, 5.74) is 4.61. The van der Waals surface area contributed by atoms with Crippen molar-refractivity contribution < 1.29 is 4.39 Å². The summed E-state index contributed by atoms with van der Waals surface area (Å²) in [5, 5.41) is 8.55. The van der Waals surface area contributed by atoms with Crippen molar-refractivity contribution in [3.63, 3.8) is 0 Å². The minimum absolute atomic E-state index is 0.496. The van der Waals surface area contributed by atoms with E-state index in [2.05, 4.69) is 42.2 Å². The molecule has 144 valence electrons. The van der Waals surface area contributed by atoms with Crippen LogP contribution in [0.1, 0.15) is 31.2 Å². The highest BCUT2D eigenvalue weighted by atomic mass is 79.9. The fourth-order valence-corrected chi connectivity index (χ4v) is 4.45. The van der Waals surface area contributed by atoms with E-state index in [0.717, 1.165) is 34.5 Å². The number of hydrogen-bond acceptors (Lipinski definition) is 4. The first kappa shape index (κ1) is 17.8. The number of pyridine rings is 1. The molecule has 1 saturated carbocycles. The van der Waals surface area contributed by atoms with Crippen LogP contribution in [0.5, 0.6) is 0 Å². The Morgan fingerprint density at radius 1 is 1.00 bits per heavy atom. The van der Waals surface area contributed by atoms with Crippen molar-refractivity contribution in [1.29, 1.82) is 0 Å². The van der Waals surface area contributed by atoms with Gasteiger partial charge in [0.1, 0.15) is 5.69 Å². The summed E-state index contributed by atoms with van der Waals surface area (Å²) in [6.45, 7) is 3.97. The molecule has 1 aromatic carbocycles. The Kier molecular flexibility index (Phi) is 4.23. The highest BCUT2D eigenvalue weighted by molar-refractivity contribution is 9.10. The predicted molar refractivity (Wildman–Crippen MR) is 110 cm³/mol. The number of nitrogens with zero attached hydrogens (tertiary/aromatic N) is 5. The van der Waals surface area contributed by atoms with Crippen LogP contribution < -0.4 is 4.90 Å². The second-order valence-corrected chi connectivity index (χ2v) is 8.94. The Morgan fingerprint density at radius 2 is 1.79 bits per heavy atom. The average molecular weight is 442 g/mol. The van der Waals surface area contributed by atoms with Gasteiger partial charge in [0.05, 0.1) is 23.3 Å². The van der Waals surface area contributed by atoms with Gasteiger partial charge in [-0.15, -0.1) is 5.10 Å². The molecule has 5 rings (SSSR count). The molecule has 2 aromatic heterocycles. The summed E-state index contributed by atoms with van der Waals surface area (Å²) in [6, 6.07) is 9.43. The molecular formula is C21H21BrFN5. The number of anilines is 1. The summed E-state index contributed by atoms with van der Waals surface area (Å²) >= 11 is 3.60. The van der Waals surface area contributed by atoms with Gasteiger partial charge >= 0.3 is 0 Å². The zero-order valence-corrected chi connectivity index (χ0v) is 17.3. The standard InChI is InChI=1S/C21H21BrFN5/c1-14-10-16(24-20(23)11-14)17-13-28(26-25-17)18-3-2-15(22)12-19(18)27-8-6-21(4-5-21)7-9-27/h2-3,10-13H,4-9H2,1H3. The first-order valence-electron chi connectivity index (χ1n) is 9.63. The van der Waals surface area contributed by atoms with Crippen molar-refractivity contribution >= 4 is 21.6 Å². The van der Waals surface area contributed by atoms with E-state index in [1.807, 2.05) is 31.3 Å². The topological polar surface area (TPSA) is 46.8 Å². The van der Waals surface area contributed by atoms with Gasteiger partial charge < -0.3 is 4.90 Å². The molecule has 1 aliphatic carbocycles. The number of benzene rings is 1. The van der Waals surface area contributed by atoms with E-state index >= 15 is 0 Å². The summed E-state index contributed by atoms with van der Waals surface area (Å²) in [7, 11) is 0. The number of hydrogen-bond donors (Lipinski definition) is 0. The highest BCUT2D eigenvalue weighted by Gasteiger charge is 2.44. The molecular weight excluding hydrogens is 421 g/mol. The summed E-state index contributed by atoms with van der Waals surface area (Å²) in [6.07, 6.45) is 7.11. The lowest BCUT2D eigenvalue weighted by molar-refractivity contribution is 0.384. The van der Waals surface area contributed by atoms with Crippen LogP contribution >= 0.6 is 15.9 Å². The second kappa shape index (κ2) is 6.65. The molecule has 2 fully saturated rings. The molecule has 1 saturated heterocycles. The lowest BCUT2D eigenvalue weighted by Crippen LogP contribution is -2.35.